The Morgan fingerprint density at radius 3 is 2.38 bits per heavy atom. The number of allylic oxidation sites excluding steroid dienone is 2. The number of benzene rings is 2. The SMILES string of the molecule is O=C(Nc1ccc(OC(=O)[C@H]2CC=CCC2)cc1)c1ccccc1. The molecule has 0 heterocycles. The Labute approximate surface area is 141 Å². The Hall–Kier alpha value is -2.88. The zero-order chi connectivity index (χ0) is 16.8. The van der Waals surface area contributed by atoms with Gasteiger partial charge in [-0.15, -0.1) is 0 Å². The summed E-state index contributed by atoms with van der Waals surface area (Å²) in [6, 6.07) is 15.8. The first kappa shape index (κ1) is 16.0. The smallest absolute Gasteiger partial charge is 0.314 e. The molecule has 3 rings (SSSR count). The van der Waals surface area contributed by atoms with Crippen LogP contribution in [0.25, 0.3) is 0 Å². The minimum absolute atomic E-state index is 0.0625. The molecule has 0 bridgehead atoms. The Balaban J connectivity index is 1.58. The lowest BCUT2D eigenvalue weighted by atomic mass is 9.95. The molecule has 4 heteroatoms. The molecule has 4 nitrogen and oxygen atoms in total. The summed E-state index contributed by atoms with van der Waals surface area (Å²) in [6.07, 6.45) is 6.61. The predicted octanol–water partition coefficient (Wildman–Crippen LogP) is 4.20. The van der Waals surface area contributed by atoms with Crippen LogP contribution >= 0.6 is 0 Å². The highest BCUT2D eigenvalue weighted by Gasteiger charge is 2.20. The lowest BCUT2D eigenvalue weighted by Gasteiger charge is -2.16. The number of hydrogen-bond donors (Lipinski definition) is 1. The van der Waals surface area contributed by atoms with Gasteiger partial charge in [0.05, 0.1) is 5.92 Å². The minimum Gasteiger partial charge on any atom is -0.426 e. The molecule has 1 aliphatic rings. The molecule has 0 saturated heterocycles. The first-order valence-electron chi connectivity index (χ1n) is 8.05. The van der Waals surface area contributed by atoms with E-state index in [0.717, 1.165) is 19.3 Å². The van der Waals surface area contributed by atoms with Crippen LogP contribution in [0.5, 0.6) is 5.75 Å². The van der Waals surface area contributed by atoms with Crippen molar-refractivity contribution in [2.75, 3.05) is 5.32 Å². The van der Waals surface area contributed by atoms with Crippen molar-refractivity contribution in [1.82, 2.24) is 0 Å². The molecule has 2 aromatic rings. The van der Waals surface area contributed by atoms with Crippen LogP contribution in [-0.4, -0.2) is 11.9 Å². The summed E-state index contributed by atoms with van der Waals surface area (Å²) in [5.41, 5.74) is 1.25. The highest BCUT2D eigenvalue weighted by molar-refractivity contribution is 6.04. The van der Waals surface area contributed by atoms with Gasteiger partial charge >= 0.3 is 5.97 Å². The van der Waals surface area contributed by atoms with E-state index in [9.17, 15) is 9.59 Å². The molecule has 2 aromatic carbocycles. The van der Waals surface area contributed by atoms with Crippen LogP contribution in [0.4, 0.5) is 5.69 Å². The van der Waals surface area contributed by atoms with Crippen molar-refractivity contribution in [3.05, 3.63) is 72.3 Å². The Kier molecular flexibility index (Phi) is 5.06. The minimum atomic E-state index is -0.194. The van der Waals surface area contributed by atoms with Gasteiger partial charge in [-0.05, 0) is 55.7 Å². The summed E-state index contributed by atoms with van der Waals surface area (Å²) in [5.74, 6) is 0.0643. The molecule has 122 valence electrons. The van der Waals surface area contributed by atoms with E-state index >= 15 is 0 Å². The van der Waals surface area contributed by atoms with Gasteiger partial charge in [0.1, 0.15) is 5.75 Å². The molecule has 0 aliphatic heterocycles. The van der Waals surface area contributed by atoms with E-state index < -0.39 is 0 Å². The van der Waals surface area contributed by atoms with Crippen molar-refractivity contribution in [3.63, 3.8) is 0 Å². The summed E-state index contributed by atoms with van der Waals surface area (Å²) >= 11 is 0. The normalized spacial score (nSPS) is 16.4. The van der Waals surface area contributed by atoms with Crippen LogP contribution in [0.3, 0.4) is 0 Å². The number of anilines is 1. The third-order valence-electron chi connectivity index (χ3n) is 3.97. The highest BCUT2D eigenvalue weighted by atomic mass is 16.5. The number of rotatable bonds is 4. The summed E-state index contributed by atoms with van der Waals surface area (Å²) in [7, 11) is 0. The maximum Gasteiger partial charge on any atom is 0.314 e. The predicted molar refractivity (Wildman–Crippen MR) is 93.0 cm³/mol. The van der Waals surface area contributed by atoms with Gasteiger partial charge in [0.15, 0.2) is 0 Å². The van der Waals surface area contributed by atoms with Gasteiger partial charge in [-0.25, -0.2) is 0 Å². The van der Waals surface area contributed by atoms with Crippen molar-refractivity contribution in [2.45, 2.75) is 19.3 Å². The summed E-state index contributed by atoms with van der Waals surface area (Å²) in [4.78, 5) is 24.2. The molecule has 0 spiro atoms. The number of carbonyl (C=O) groups excluding carboxylic acids is 2. The van der Waals surface area contributed by atoms with Crippen molar-refractivity contribution in [3.8, 4) is 5.75 Å². The van der Waals surface area contributed by atoms with Gasteiger partial charge < -0.3 is 10.1 Å². The molecule has 1 N–H and O–H groups in total. The van der Waals surface area contributed by atoms with Gasteiger partial charge in [-0.1, -0.05) is 30.4 Å². The molecule has 0 saturated carbocycles. The van der Waals surface area contributed by atoms with Gasteiger partial charge in [-0.3, -0.25) is 9.59 Å². The lowest BCUT2D eigenvalue weighted by molar-refractivity contribution is -0.139. The largest absolute Gasteiger partial charge is 0.426 e. The van der Waals surface area contributed by atoms with Gasteiger partial charge in [0.2, 0.25) is 0 Å². The van der Waals surface area contributed by atoms with E-state index in [2.05, 4.69) is 11.4 Å². The fraction of sp³-hybridized carbons (Fsp3) is 0.200. The van der Waals surface area contributed by atoms with Gasteiger partial charge in [0, 0.05) is 11.3 Å². The van der Waals surface area contributed by atoms with E-state index in [0.29, 0.717) is 17.0 Å². The molecule has 1 amide bonds. The molecule has 0 aromatic heterocycles. The van der Waals surface area contributed by atoms with Crippen molar-refractivity contribution < 1.29 is 14.3 Å². The average Bonchev–Trinajstić information content (AvgIpc) is 2.65. The number of ether oxygens (including phenoxy) is 1. The first-order valence-corrected chi connectivity index (χ1v) is 8.05. The fourth-order valence-electron chi connectivity index (χ4n) is 2.61. The quantitative estimate of drug-likeness (QED) is 0.521. The summed E-state index contributed by atoms with van der Waals surface area (Å²) in [5, 5.41) is 2.81. The zero-order valence-corrected chi connectivity index (χ0v) is 13.3. The molecular formula is C20H19NO3. The monoisotopic (exact) mass is 321 g/mol. The molecular weight excluding hydrogens is 302 g/mol. The molecule has 24 heavy (non-hydrogen) atoms. The maximum absolute atomic E-state index is 12.1. The Morgan fingerprint density at radius 1 is 0.958 bits per heavy atom. The first-order chi connectivity index (χ1) is 11.7. The van der Waals surface area contributed by atoms with Crippen LogP contribution in [0, 0.1) is 5.92 Å². The van der Waals surface area contributed by atoms with E-state index in [1.165, 1.54) is 0 Å². The van der Waals surface area contributed by atoms with Crippen LogP contribution < -0.4 is 10.1 Å². The standard InChI is InChI=1S/C20H19NO3/c22-19(15-7-3-1-4-8-15)21-17-11-13-18(14-12-17)24-20(23)16-9-5-2-6-10-16/h1-5,7-8,11-14,16H,6,9-10H2,(H,21,22)/t16-/m0/s1. The number of hydrogen-bond acceptors (Lipinski definition) is 3. The summed E-state index contributed by atoms with van der Waals surface area (Å²) in [6.45, 7) is 0. The second-order valence-electron chi connectivity index (χ2n) is 5.75. The number of carbonyl (C=O) groups is 2. The van der Waals surface area contributed by atoms with Gasteiger partial charge in [-0.2, -0.15) is 0 Å². The van der Waals surface area contributed by atoms with E-state index in [1.807, 2.05) is 24.3 Å². The van der Waals surface area contributed by atoms with Crippen LogP contribution in [-0.2, 0) is 4.79 Å². The van der Waals surface area contributed by atoms with E-state index in [-0.39, 0.29) is 17.8 Å². The van der Waals surface area contributed by atoms with Crippen LogP contribution in [0.15, 0.2) is 66.7 Å². The molecule has 0 fully saturated rings. The second-order valence-corrected chi connectivity index (χ2v) is 5.75. The molecule has 1 aliphatic carbocycles. The van der Waals surface area contributed by atoms with E-state index in [4.69, 9.17) is 4.74 Å². The van der Waals surface area contributed by atoms with E-state index in [1.54, 1.807) is 36.4 Å². The van der Waals surface area contributed by atoms with Crippen LogP contribution in [0.2, 0.25) is 0 Å². The van der Waals surface area contributed by atoms with Crippen LogP contribution in [0.1, 0.15) is 29.6 Å². The van der Waals surface area contributed by atoms with Crippen molar-refractivity contribution in [2.24, 2.45) is 5.92 Å². The van der Waals surface area contributed by atoms with Gasteiger partial charge in [0.25, 0.3) is 5.91 Å². The number of esters is 1. The molecule has 0 radical (unpaired) electrons. The molecule has 1 atom stereocenters. The van der Waals surface area contributed by atoms with Crippen molar-refractivity contribution >= 4 is 17.6 Å². The second kappa shape index (κ2) is 7.59. The highest BCUT2D eigenvalue weighted by Crippen LogP contribution is 2.22. The number of nitrogens with one attached hydrogen (secondary N) is 1. The maximum atomic E-state index is 12.1. The van der Waals surface area contributed by atoms with Crippen molar-refractivity contribution in [1.29, 1.82) is 0 Å². The Bertz CT molecular complexity index is 735. The lowest BCUT2D eigenvalue weighted by Crippen LogP contribution is -2.21. The number of amides is 1. The Morgan fingerprint density at radius 2 is 1.71 bits per heavy atom. The molecule has 0 unspecified atom stereocenters. The average molecular weight is 321 g/mol. The topological polar surface area (TPSA) is 55.4 Å². The zero-order valence-electron chi connectivity index (χ0n) is 13.3. The third-order valence-corrected chi connectivity index (χ3v) is 3.97. The summed E-state index contributed by atoms with van der Waals surface area (Å²) < 4.78 is 5.41. The fourth-order valence-corrected chi connectivity index (χ4v) is 2.61. The third kappa shape index (κ3) is 4.10.